The summed E-state index contributed by atoms with van der Waals surface area (Å²) in [5, 5.41) is 0. The lowest BCUT2D eigenvalue weighted by Gasteiger charge is -2.25. The van der Waals surface area contributed by atoms with Crippen molar-refractivity contribution < 1.29 is 0 Å². The number of rotatable bonds is 4. The molecule has 2 aliphatic heterocycles. The molecular formula is C17H26BrN3. The van der Waals surface area contributed by atoms with Gasteiger partial charge < -0.3 is 10.6 Å². The molecule has 0 aliphatic carbocycles. The molecule has 3 rings (SSSR count). The third-order valence-corrected chi connectivity index (χ3v) is 5.50. The van der Waals surface area contributed by atoms with Gasteiger partial charge in [-0.15, -0.1) is 0 Å². The normalized spacial score (nSPS) is 24.7. The fourth-order valence-electron chi connectivity index (χ4n) is 3.63. The van der Waals surface area contributed by atoms with Crippen molar-refractivity contribution in [3.8, 4) is 0 Å². The molecule has 0 saturated carbocycles. The zero-order valence-electron chi connectivity index (χ0n) is 12.9. The van der Waals surface area contributed by atoms with Crippen LogP contribution in [-0.2, 0) is 6.42 Å². The molecule has 2 atom stereocenters. The molecule has 0 aromatic heterocycles. The van der Waals surface area contributed by atoms with Crippen molar-refractivity contribution in [1.29, 1.82) is 0 Å². The number of hydrogen-bond donors (Lipinski definition) is 1. The van der Waals surface area contributed by atoms with E-state index >= 15 is 0 Å². The van der Waals surface area contributed by atoms with Crippen molar-refractivity contribution in [2.45, 2.75) is 44.7 Å². The molecule has 1 aromatic rings. The van der Waals surface area contributed by atoms with E-state index in [9.17, 15) is 0 Å². The molecule has 2 saturated heterocycles. The molecule has 2 N–H and O–H groups in total. The van der Waals surface area contributed by atoms with Gasteiger partial charge in [-0.2, -0.15) is 0 Å². The SMILES string of the molecule is CC(N)Cc1ccc(N2CCC(N3CCCC3)C2)cc1Br. The molecule has 4 heteroatoms. The van der Waals surface area contributed by atoms with E-state index in [0.717, 1.165) is 12.5 Å². The maximum Gasteiger partial charge on any atom is 0.0378 e. The number of nitrogens with zero attached hydrogens (tertiary/aromatic N) is 2. The molecule has 3 nitrogen and oxygen atoms in total. The van der Waals surface area contributed by atoms with Crippen LogP contribution in [0.1, 0.15) is 31.7 Å². The molecule has 2 unspecified atom stereocenters. The second-order valence-electron chi connectivity index (χ2n) is 6.59. The monoisotopic (exact) mass is 351 g/mol. The van der Waals surface area contributed by atoms with Crippen LogP contribution >= 0.6 is 15.9 Å². The Morgan fingerprint density at radius 3 is 2.71 bits per heavy atom. The highest BCUT2D eigenvalue weighted by molar-refractivity contribution is 9.10. The zero-order chi connectivity index (χ0) is 14.8. The summed E-state index contributed by atoms with van der Waals surface area (Å²) in [4.78, 5) is 5.21. The van der Waals surface area contributed by atoms with Crippen LogP contribution in [0.3, 0.4) is 0 Å². The predicted molar refractivity (Wildman–Crippen MR) is 92.9 cm³/mol. The van der Waals surface area contributed by atoms with Crippen LogP contribution in [0.2, 0.25) is 0 Å². The minimum atomic E-state index is 0.207. The summed E-state index contributed by atoms with van der Waals surface area (Å²) >= 11 is 3.71. The molecule has 0 amide bonds. The van der Waals surface area contributed by atoms with Crippen molar-refractivity contribution in [3.05, 3.63) is 28.2 Å². The Labute approximate surface area is 136 Å². The van der Waals surface area contributed by atoms with Crippen LogP contribution in [0.25, 0.3) is 0 Å². The number of halogens is 1. The van der Waals surface area contributed by atoms with Gasteiger partial charge in [0, 0.05) is 35.3 Å². The van der Waals surface area contributed by atoms with Crippen molar-refractivity contribution >= 4 is 21.6 Å². The molecular weight excluding hydrogens is 326 g/mol. The first kappa shape index (κ1) is 15.3. The third-order valence-electron chi connectivity index (χ3n) is 4.76. The number of anilines is 1. The summed E-state index contributed by atoms with van der Waals surface area (Å²) in [5.41, 5.74) is 8.56. The molecule has 2 aliphatic rings. The van der Waals surface area contributed by atoms with E-state index in [1.807, 2.05) is 0 Å². The highest BCUT2D eigenvalue weighted by Crippen LogP contribution is 2.29. The van der Waals surface area contributed by atoms with E-state index in [2.05, 4.69) is 50.9 Å². The topological polar surface area (TPSA) is 32.5 Å². The van der Waals surface area contributed by atoms with Crippen LogP contribution in [0.5, 0.6) is 0 Å². The maximum absolute atomic E-state index is 5.90. The number of hydrogen-bond acceptors (Lipinski definition) is 3. The van der Waals surface area contributed by atoms with E-state index in [1.165, 1.54) is 61.2 Å². The lowest BCUT2D eigenvalue weighted by molar-refractivity contribution is 0.260. The number of benzene rings is 1. The summed E-state index contributed by atoms with van der Waals surface area (Å²) in [7, 11) is 0. The van der Waals surface area contributed by atoms with E-state index in [4.69, 9.17) is 5.73 Å². The fourth-order valence-corrected chi connectivity index (χ4v) is 4.16. The summed E-state index contributed by atoms with van der Waals surface area (Å²) in [6, 6.07) is 7.72. The average Bonchev–Trinajstić information content (AvgIpc) is 3.10. The van der Waals surface area contributed by atoms with Gasteiger partial charge in [-0.3, -0.25) is 4.90 Å². The van der Waals surface area contributed by atoms with Crippen LogP contribution in [0, 0.1) is 0 Å². The second kappa shape index (κ2) is 6.67. The highest BCUT2D eigenvalue weighted by atomic mass is 79.9. The molecule has 0 bridgehead atoms. The van der Waals surface area contributed by atoms with Crippen LogP contribution < -0.4 is 10.6 Å². The van der Waals surface area contributed by atoms with E-state index in [1.54, 1.807) is 0 Å². The van der Waals surface area contributed by atoms with Crippen LogP contribution in [-0.4, -0.2) is 43.2 Å². The summed E-state index contributed by atoms with van der Waals surface area (Å²) in [6.07, 6.45) is 5.00. The summed E-state index contributed by atoms with van der Waals surface area (Å²) < 4.78 is 1.20. The van der Waals surface area contributed by atoms with Gasteiger partial charge >= 0.3 is 0 Å². The van der Waals surface area contributed by atoms with Gasteiger partial charge in [-0.1, -0.05) is 22.0 Å². The Morgan fingerprint density at radius 2 is 2.05 bits per heavy atom. The van der Waals surface area contributed by atoms with E-state index in [-0.39, 0.29) is 6.04 Å². The molecule has 2 heterocycles. The molecule has 0 spiro atoms. The van der Waals surface area contributed by atoms with Gasteiger partial charge in [0.05, 0.1) is 0 Å². The Balaban J connectivity index is 1.66. The van der Waals surface area contributed by atoms with Crippen molar-refractivity contribution in [2.24, 2.45) is 5.73 Å². The smallest absolute Gasteiger partial charge is 0.0378 e. The molecule has 21 heavy (non-hydrogen) atoms. The predicted octanol–water partition coefficient (Wildman–Crippen LogP) is 3.01. The van der Waals surface area contributed by atoms with Crippen molar-refractivity contribution in [3.63, 3.8) is 0 Å². The zero-order valence-corrected chi connectivity index (χ0v) is 14.5. The second-order valence-corrected chi connectivity index (χ2v) is 7.44. The van der Waals surface area contributed by atoms with Gasteiger partial charge in [-0.05, 0) is 63.4 Å². The summed E-state index contributed by atoms with van der Waals surface area (Å²) in [6.45, 7) is 7.02. The summed E-state index contributed by atoms with van der Waals surface area (Å²) in [5.74, 6) is 0. The quantitative estimate of drug-likeness (QED) is 0.904. The molecule has 116 valence electrons. The van der Waals surface area contributed by atoms with Crippen molar-refractivity contribution in [1.82, 2.24) is 4.90 Å². The Kier molecular flexibility index (Phi) is 4.87. The van der Waals surface area contributed by atoms with Crippen LogP contribution in [0.15, 0.2) is 22.7 Å². The van der Waals surface area contributed by atoms with Crippen molar-refractivity contribution in [2.75, 3.05) is 31.1 Å². The van der Waals surface area contributed by atoms with Gasteiger partial charge in [0.25, 0.3) is 0 Å². The van der Waals surface area contributed by atoms with Gasteiger partial charge in [-0.25, -0.2) is 0 Å². The minimum Gasteiger partial charge on any atom is -0.370 e. The van der Waals surface area contributed by atoms with E-state index in [0.29, 0.717) is 0 Å². The van der Waals surface area contributed by atoms with Gasteiger partial charge in [0.1, 0.15) is 0 Å². The largest absolute Gasteiger partial charge is 0.370 e. The first-order chi connectivity index (χ1) is 10.1. The molecule has 1 aromatic carbocycles. The maximum atomic E-state index is 5.90. The Morgan fingerprint density at radius 1 is 1.29 bits per heavy atom. The fraction of sp³-hybridized carbons (Fsp3) is 0.647. The molecule has 2 fully saturated rings. The lowest BCUT2D eigenvalue weighted by atomic mass is 10.1. The van der Waals surface area contributed by atoms with Gasteiger partial charge in [0.2, 0.25) is 0 Å². The van der Waals surface area contributed by atoms with Gasteiger partial charge in [0.15, 0.2) is 0 Å². The average molecular weight is 352 g/mol. The third kappa shape index (κ3) is 3.61. The number of nitrogens with two attached hydrogens (primary N) is 1. The number of likely N-dealkylation sites (tertiary alicyclic amines) is 1. The highest BCUT2D eigenvalue weighted by Gasteiger charge is 2.29. The Bertz CT molecular complexity index is 483. The first-order valence-electron chi connectivity index (χ1n) is 8.16. The minimum absolute atomic E-state index is 0.207. The lowest BCUT2D eigenvalue weighted by Crippen LogP contribution is -2.35. The van der Waals surface area contributed by atoms with E-state index < -0.39 is 0 Å². The Hall–Kier alpha value is -0.580. The molecule has 0 radical (unpaired) electrons. The standard InChI is InChI=1S/C17H26BrN3/c1-13(19)10-14-4-5-15(11-17(14)18)21-9-6-16(12-21)20-7-2-3-8-20/h4-5,11,13,16H,2-3,6-10,12,19H2,1H3. The van der Waals surface area contributed by atoms with Crippen LogP contribution in [0.4, 0.5) is 5.69 Å². The first-order valence-corrected chi connectivity index (χ1v) is 8.96.